The summed E-state index contributed by atoms with van der Waals surface area (Å²) in [5, 5.41) is 0. The molecule has 17 heavy (non-hydrogen) atoms. The number of carbonyl (C=O) groups is 1. The molecule has 0 amide bonds. The third kappa shape index (κ3) is 2.39. The van der Waals surface area contributed by atoms with Crippen LogP contribution in [0.3, 0.4) is 0 Å². The van der Waals surface area contributed by atoms with Crippen molar-refractivity contribution in [1.82, 2.24) is 0 Å². The maximum absolute atomic E-state index is 13.3. The Kier molecular flexibility index (Phi) is 3.28. The van der Waals surface area contributed by atoms with E-state index in [4.69, 9.17) is 10.5 Å². The van der Waals surface area contributed by atoms with Gasteiger partial charge in [0.25, 0.3) is 0 Å². The van der Waals surface area contributed by atoms with Crippen molar-refractivity contribution >= 4 is 5.97 Å². The van der Waals surface area contributed by atoms with Gasteiger partial charge < -0.3 is 15.2 Å². The Balaban J connectivity index is 2.24. The number of hydrogen-bond acceptors (Lipinski definition) is 4. The maximum atomic E-state index is 13.3. The van der Waals surface area contributed by atoms with Crippen LogP contribution in [0, 0.1) is 5.82 Å². The average molecular weight is 239 g/mol. The highest BCUT2D eigenvalue weighted by Crippen LogP contribution is 2.31. The first-order chi connectivity index (χ1) is 8.11. The van der Waals surface area contributed by atoms with Crippen LogP contribution in [0.1, 0.15) is 11.1 Å². The van der Waals surface area contributed by atoms with E-state index >= 15 is 0 Å². The fourth-order valence-electron chi connectivity index (χ4n) is 1.97. The summed E-state index contributed by atoms with van der Waals surface area (Å²) in [5.74, 6) is -0.187. The summed E-state index contributed by atoms with van der Waals surface area (Å²) >= 11 is 0. The smallest absolute Gasteiger partial charge is 0.322 e. The third-order valence-electron chi connectivity index (χ3n) is 2.77. The first-order valence-corrected chi connectivity index (χ1v) is 5.39. The second-order valence-electron chi connectivity index (χ2n) is 3.99. The highest BCUT2D eigenvalue weighted by molar-refractivity contribution is 5.76. The molecule has 1 aliphatic rings. The van der Waals surface area contributed by atoms with Gasteiger partial charge in [-0.3, -0.25) is 4.79 Å². The summed E-state index contributed by atoms with van der Waals surface area (Å²) in [6.45, 7) is 0.541. The number of hydrogen-bond donors (Lipinski definition) is 1. The predicted molar refractivity (Wildman–Crippen MR) is 59.3 cm³/mol. The maximum Gasteiger partial charge on any atom is 0.322 e. The molecule has 1 heterocycles. The van der Waals surface area contributed by atoms with Gasteiger partial charge in [-0.25, -0.2) is 4.39 Å². The SMILES string of the molecule is COC(=O)[C@H](N)Cc1cc(F)cc2c1OCC2. The summed E-state index contributed by atoms with van der Waals surface area (Å²) in [5.41, 5.74) is 7.10. The van der Waals surface area contributed by atoms with E-state index < -0.39 is 12.0 Å². The largest absolute Gasteiger partial charge is 0.493 e. The quantitative estimate of drug-likeness (QED) is 0.793. The number of fused-ring (bicyclic) bond motifs is 1. The van der Waals surface area contributed by atoms with Crippen LogP contribution >= 0.6 is 0 Å². The number of benzene rings is 1. The molecule has 4 nitrogen and oxygen atoms in total. The van der Waals surface area contributed by atoms with Crippen LogP contribution in [-0.2, 0) is 22.4 Å². The molecule has 0 fully saturated rings. The van der Waals surface area contributed by atoms with E-state index in [0.717, 1.165) is 5.56 Å². The number of methoxy groups -OCH3 is 1. The van der Waals surface area contributed by atoms with Crippen LogP contribution in [-0.4, -0.2) is 25.7 Å². The van der Waals surface area contributed by atoms with Crippen molar-refractivity contribution in [1.29, 1.82) is 0 Å². The van der Waals surface area contributed by atoms with E-state index in [2.05, 4.69) is 4.74 Å². The molecule has 0 saturated heterocycles. The highest BCUT2D eigenvalue weighted by Gasteiger charge is 2.22. The van der Waals surface area contributed by atoms with Crippen molar-refractivity contribution in [2.24, 2.45) is 5.73 Å². The highest BCUT2D eigenvalue weighted by atomic mass is 19.1. The number of rotatable bonds is 3. The summed E-state index contributed by atoms with van der Waals surface area (Å²) in [6.07, 6.45) is 0.903. The monoisotopic (exact) mass is 239 g/mol. The number of ether oxygens (including phenoxy) is 2. The van der Waals surface area contributed by atoms with Gasteiger partial charge in [0, 0.05) is 18.4 Å². The van der Waals surface area contributed by atoms with Crippen molar-refractivity contribution in [3.8, 4) is 5.75 Å². The molecule has 1 atom stereocenters. The zero-order valence-corrected chi connectivity index (χ0v) is 9.53. The molecule has 0 unspecified atom stereocenters. The van der Waals surface area contributed by atoms with Crippen molar-refractivity contribution in [2.45, 2.75) is 18.9 Å². The van der Waals surface area contributed by atoms with Crippen LogP contribution in [0.2, 0.25) is 0 Å². The van der Waals surface area contributed by atoms with Crippen LogP contribution in [0.4, 0.5) is 4.39 Å². The Morgan fingerprint density at radius 1 is 1.65 bits per heavy atom. The fourth-order valence-corrected chi connectivity index (χ4v) is 1.97. The molecule has 0 saturated carbocycles. The number of halogens is 1. The van der Waals surface area contributed by atoms with E-state index in [1.165, 1.54) is 19.2 Å². The van der Waals surface area contributed by atoms with E-state index in [0.29, 0.717) is 24.3 Å². The molecule has 0 aromatic heterocycles. The van der Waals surface area contributed by atoms with Gasteiger partial charge in [0.2, 0.25) is 0 Å². The number of carbonyl (C=O) groups excluding carboxylic acids is 1. The van der Waals surface area contributed by atoms with E-state index in [9.17, 15) is 9.18 Å². The lowest BCUT2D eigenvalue weighted by atomic mass is 10.0. The molecular weight excluding hydrogens is 225 g/mol. The lowest BCUT2D eigenvalue weighted by molar-refractivity contribution is -0.142. The van der Waals surface area contributed by atoms with Crippen molar-refractivity contribution in [3.05, 3.63) is 29.1 Å². The molecule has 1 aliphatic heterocycles. The first kappa shape index (κ1) is 11.9. The van der Waals surface area contributed by atoms with Crippen molar-refractivity contribution in [3.63, 3.8) is 0 Å². The van der Waals surface area contributed by atoms with Gasteiger partial charge in [0.1, 0.15) is 17.6 Å². The molecule has 0 radical (unpaired) electrons. The number of nitrogens with two attached hydrogens (primary N) is 1. The second kappa shape index (κ2) is 4.71. The van der Waals surface area contributed by atoms with Crippen molar-refractivity contribution < 1.29 is 18.7 Å². The van der Waals surface area contributed by atoms with Crippen LogP contribution in [0.5, 0.6) is 5.75 Å². The standard InChI is InChI=1S/C12H14FNO3/c1-16-12(15)10(14)6-8-5-9(13)4-7-2-3-17-11(7)8/h4-5,10H,2-3,6,14H2,1H3/t10-/m1/s1. The summed E-state index contributed by atoms with van der Waals surface area (Å²) < 4.78 is 23.3. The minimum Gasteiger partial charge on any atom is -0.493 e. The molecule has 0 aliphatic carbocycles. The van der Waals surface area contributed by atoms with Gasteiger partial charge in [-0.15, -0.1) is 0 Å². The Labute approximate surface area is 98.5 Å². The Bertz CT molecular complexity index is 448. The van der Waals surface area contributed by atoms with E-state index in [-0.39, 0.29) is 12.2 Å². The average Bonchev–Trinajstić information content (AvgIpc) is 2.75. The normalized spacial score (nSPS) is 15.0. The molecule has 92 valence electrons. The second-order valence-corrected chi connectivity index (χ2v) is 3.99. The first-order valence-electron chi connectivity index (χ1n) is 5.39. The van der Waals surface area contributed by atoms with Crippen LogP contribution in [0.25, 0.3) is 0 Å². The third-order valence-corrected chi connectivity index (χ3v) is 2.77. The zero-order valence-electron chi connectivity index (χ0n) is 9.53. The zero-order chi connectivity index (χ0) is 12.4. The predicted octanol–water partition coefficient (Wildman–Crippen LogP) is 0.803. The summed E-state index contributed by atoms with van der Waals surface area (Å²) in [7, 11) is 1.27. The Morgan fingerprint density at radius 2 is 2.41 bits per heavy atom. The van der Waals surface area contributed by atoms with Gasteiger partial charge in [0.15, 0.2) is 0 Å². The van der Waals surface area contributed by atoms with Crippen LogP contribution in [0.15, 0.2) is 12.1 Å². The van der Waals surface area contributed by atoms with E-state index in [1.54, 1.807) is 0 Å². The Hall–Kier alpha value is -1.62. The lowest BCUT2D eigenvalue weighted by Crippen LogP contribution is -2.33. The Morgan fingerprint density at radius 3 is 3.12 bits per heavy atom. The molecule has 2 rings (SSSR count). The van der Waals surface area contributed by atoms with Crippen molar-refractivity contribution in [2.75, 3.05) is 13.7 Å². The van der Waals surface area contributed by atoms with Gasteiger partial charge in [-0.1, -0.05) is 0 Å². The van der Waals surface area contributed by atoms with Crippen LogP contribution < -0.4 is 10.5 Å². The van der Waals surface area contributed by atoms with Gasteiger partial charge >= 0.3 is 5.97 Å². The summed E-state index contributed by atoms with van der Waals surface area (Å²) in [6, 6.07) is 2.01. The minimum atomic E-state index is -0.796. The topological polar surface area (TPSA) is 61.5 Å². The molecule has 1 aromatic carbocycles. The molecular formula is C12H14FNO3. The summed E-state index contributed by atoms with van der Waals surface area (Å²) in [4.78, 5) is 11.2. The number of esters is 1. The molecule has 2 N–H and O–H groups in total. The van der Waals surface area contributed by atoms with Gasteiger partial charge in [0.05, 0.1) is 13.7 Å². The van der Waals surface area contributed by atoms with Gasteiger partial charge in [-0.2, -0.15) is 0 Å². The molecule has 0 spiro atoms. The fraction of sp³-hybridized carbons (Fsp3) is 0.417. The minimum absolute atomic E-state index is 0.215. The van der Waals surface area contributed by atoms with Gasteiger partial charge in [-0.05, 0) is 17.7 Å². The lowest BCUT2D eigenvalue weighted by Gasteiger charge is -2.12. The molecule has 0 bridgehead atoms. The molecule has 5 heteroatoms. The molecule has 1 aromatic rings. The van der Waals surface area contributed by atoms with E-state index in [1.807, 2.05) is 0 Å².